The van der Waals surface area contributed by atoms with Crippen LogP contribution < -0.4 is 9.47 Å². The highest BCUT2D eigenvalue weighted by Crippen LogP contribution is 2.44. The molecular formula is C42H42F2O5. The Morgan fingerprint density at radius 1 is 0.612 bits per heavy atom. The molecule has 1 aliphatic carbocycles. The van der Waals surface area contributed by atoms with Gasteiger partial charge in [0, 0.05) is 6.42 Å². The molecule has 1 aliphatic rings. The number of para-hydroxylation sites is 1. The standard InChI is InChI=1S/C42H42F2O5/c1-45-37-23-21-31(22-24-37)25-35-19-11-12-20-38(35)49-41-40(48-29-34-17-9-4-10-18-34)39(47-28-33-15-7-3-8-16-33)26-36(42(41,43)44)30-46-27-32-13-5-2-6-14-32/h2-24,36,39-41H,25-30H2,1H3/t36-,39-,40+,41-/m0/s1. The van der Waals surface area contributed by atoms with Crippen LogP contribution in [-0.2, 0) is 40.5 Å². The Hall–Kier alpha value is -4.56. The van der Waals surface area contributed by atoms with Crippen LogP contribution in [0.5, 0.6) is 11.5 Å². The van der Waals surface area contributed by atoms with E-state index in [-0.39, 0.29) is 32.8 Å². The molecule has 0 saturated heterocycles. The van der Waals surface area contributed by atoms with E-state index in [1.54, 1.807) is 19.2 Å². The zero-order valence-electron chi connectivity index (χ0n) is 27.6. The average molecular weight is 665 g/mol. The molecule has 0 N–H and O–H groups in total. The van der Waals surface area contributed by atoms with E-state index in [9.17, 15) is 0 Å². The fourth-order valence-corrected chi connectivity index (χ4v) is 6.20. The van der Waals surface area contributed by atoms with Crippen LogP contribution in [0.15, 0.2) is 140 Å². The van der Waals surface area contributed by atoms with Crippen molar-refractivity contribution >= 4 is 0 Å². The summed E-state index contributed by atoms with van der Waals surface area (Å²) < 4.78 is 64.5. The van der Waals surface area contributed by atoms with E-state index in [1.165, 1.54) is 0 Å². The van der Waals surface area contributed by atoms with Gasteiger partial charge in [-0.2, -0.15) is 0 Å². The third kappa shape index (κ3) is 9.12. The number of hydrogen-bond donors (Lipinski definition) is 0. The lowest BCUT2D eigenvalue weighted by Crippen LogP contribution is -2.62. The highest BCUT2D eigenvalue weighted by atomic mass is 19.3. The molecule has 5 aromatic carbocycles. The predicted octanol–water partition coefficient (Wildman–Crippen LogP) is 9.08. The highest BCUT2D eigenvalue weighted by molar-refractivity contribution is 5.39. The van der Waals surface area contributed by atoms with E-state index in [1.807, 2.05) is 127 Å². The molecule has 0 radical (unpaired) electrons. The van der Waals surface area contributed by atoms with Crippen LogP contribution in [0.4, 0.5) is 8.78 Å². The summed E-state index contributed by atoms with van der Waals surface area (Å²) in [6, 6.07) is 43.9. The summed E-state index contributed by atoms with van der Waals surface area (Å²) in [6.07, 6.45) is -2.87. The minimum Gasteiger partial charge on any atom is -0.497 e. The first-order valence-electron chi connectivity index (χ1n) is 16.7. The van der Waals surface area contributed by atoms with Crippen molar-refractivity contribution in [1.82, 2.24) is 0 Å². The Morgan fingerprint density at radius 2 is 1.16 bits per heavy atom. The van der Waals surface area contributed by atoms with Gasteiger partial charge in [0.1, 0.15) is 17.6 Å². The summed E-state index contributed by atoms with van der Waals surface area (Å²) in [4.78, 5) is 0. The molecule has 49 heavy (non-hydrogen) atoms. The fourth-order valence-electron chi connectivity index (χ4n) is 6.20. The number of hydrogen-bond acceptors (Lipinski definition) is 5. The minimum atomic E-state index is -3.31. The lowest BCUT2D eigenvalue weighted by molar-refractivity contribution is -0.255. The van der Waals surface area contributed by atoms with Gasteiger partial charge in [-0.15, -0.1) is 0 Å². The van der Waals surface area contributed by atoms with Gasteiger partial charge in [-0.1, -0.05) is 121 Å². The fraction of sp³-hybridized carbons (Fsp3) is 0.286. The Kier molecular flexibility index (Phi) is 11.7. The largest absolute Gasteiger partial charge is 0.497 e. The van der Waals surface area contributed by atoms with Crippen molar-refractivity contribution in [2.75, 3.05) is 13.7 Å². The van der Waals surface area contributed by atoms with Gasteiger partial charge in [-0.3, -0.25) is 0 Å². The molecule has 6 rings (SSSR count). The second-order valence-electron chi connectivity index (χ2n) is 12.4. The smallest absolute Gasteiger partial charge is 0.291 e. The van der Waals surface area contributed by atoms with E-state index in [0.717, 1.165) is 33.6 Å². The van der Waals surface area contributed by atoms with Crippen LogP contribution in [0.3, 0.4) is 0 Å². The van der Waals surface area contributed by atoms with Crippen LogP contribution in [0.2, 0.25) is 0 Å². The summed E-state index contributed by atoms with van der Waals surface area (Å²) in [5, 5.41) is 0. The second-order valence-corrected chi connectivity index (χ2v) is 12.4. The van der Waals surface area contributed by atoms with Crippen molar-refractivity contribution in [3.8, 4) is 11.5 Å². The Bertz CT molecular complexity index is 1700. The second kappa shape index (κ2) is 16.7. The van der Waals surface area contributed by atoms with Crippen LogP contribution in [0.25, 0.3) is 0 Å². The average Bonchev–Trinajstić information content (AvgIpc) is 3.14. The van der Waals surface area contributed by atoms with Crippen molar-refractivity contribution in [2.24, 2.45) is 5.92 Å². The normalized spacial score (nSPS) is 20.1. The van der Waals surface area contributed by atoms with Crippen molar-refractivity contribution in [3.05, 3.63) is 167 Å². The van der Waals surface area contributed by atoms with E-state index >= 15 is 8.78 Å². The summed E-state index contributed by atoms with van der Waals surface area (Å²) in [5.41, 5.74) is 4.53. The molecule has 5 nitrogen and oxygen atoms in total. The number of rotatable bonds is 15. The van der Waals surface area contributed by atoms with Crippen molar-refractivity contribution in [3.63, 3.8) is 0 Å². The van der Waals surface area contributed by atoms with Gasteiger partial charge in [0.05, 0.1) is 45.6 Å². The lowest BCUT2D eigenvalue weighted by atomic mass is 9.79. The monoisotopic (exact) mass is 664 g/mol. The number of ether oxygens (including phenoxy) is 5. The molecule has 0 heterocycles. The number of methoxy groups -OCH3 is 1. The zero-order valence-corrected chi connectivity index (χ0v) is 27.6. The Labute approximate surface area is 287 Å². The Balaban J connectivity index is 1.31. The quantitative estimate of drug-likeness (QED) is 0.112. The summed E-state index contributed by atoms with van der Waals surface area (Å²) >= 11 is 0. The van der Waals surface area contributed by atoms with E-state index in [2.05, 4.69) is 0 Å². The van der Waals surface area contributed by atoms with Gasteiger partial charge >= 0.3 is 0 Å². The van der Waals surface area contributed by atoms with E-state index < -0.39 is 30.2 Å². The predicted molar refractivity (Wildman–Crippen MR) is 186 cm³/mol. The van der Waals surface area contributed by atoms with Gasteiger partial charge in [-0.25, -0.2) is 8.78 Å². The van der Waals surface area contributed by atoms with Gasteiger partial charge in [0.25, 0.3) is 5.92 Å². The molecule has 0 bridgehead atoms. The summed E-state index contributed by atoms with van der Waals surface area (Å²) in [7, 11) is 1.62. The molecule has 254 valence electrons. The Morgan fingerprint density at radius 3 is 1.78 bits per heavy atom. The first-order chi connectivity index (χ1) is 24.0. The van der Waals surface area contributed by atoms with Crippen molar-refractivity contribution in [2.45, 2.75) is 56.9 Å². The third-order valence-electron chi connectivity index (χ3n) is 8.91. The molecule has 0 unspecified atom stereocenters. The number of benzene rings is 5. The molecule has 0 aromatic heterocycles. The molecule has 0 aliphatic heterocycles. The van der Waals surface area contributed by atoms with Gasteiger partial charge < -0.3 is 23.7 Å². The maximum absolute atomic E-state index is 16.9. The first-order valence-corrected chi connectivity index (χ1v) is 16.7. The zero-order chi connectivity index (χ0) is 33.9. The van der Waals surface area contributed by atoms with Gasteiger partial charge in [0.15, 0.2) is 6.10 Å². The molecule has 1 fully saturated rings. The van der Waals surface area contributed by atoms with E-state index in [0.29, 0.717) is 12.2 Å². The summed E-state index contributed by atoms with van der Waals surface area (Å²) in [6.45, 7) is 0.453. The van der Waals surface area contributed by atoms with Crippen LogP contribution in [-0.4, -0.2) is 38.0 Å². The van der Waals surface area contributed by atoms with Gasteiger partial charge in [0.2, 0.25) is 0 Å². The topological polar surface area (TPSA) is 46.2 Å². The van der Waals surface area contributed by atoms with Crippen molar-refractivity contribution in [1.29, 1.82) is 0 Å². The van der Waals surface area contributed by atoms with Gasteiger partial charge in [-0.05, 0) is 52.4 Å². The van der Waals surface area contributed by atoms with E-state index in [4.69, 9.17) is 23.7 Å². The lowest BCUT2D eigenvalue weighted by Gasteiger charge is -2.46. The van der Waals surface area contributed by atoms with Crippen LogP contribution in [0.1, 0.15) is 34.2 Å². The maximum Gasteiger partial charge on any atom is 0.291 e. The third-order valence-corrected chi connectivity index (χ3v) is 8.91. The molecule has 4 atom stereocenters. The minimum absolute atomic E-state index is 0.0431. The molecule has 0 spiro atoms. The highest BCUT2D eigenvalue weighted by Gasteiger charge is 2.60. The number of alkyl halides is 2. The molecular weight excluding hydrogens is 622 g/mol. The van der Waals surface area contributed by atoms with Crippen LogP contribution in [0, 0.1) is 5.92 Å². The maximum atomic E-state index is 16.9. The molecule has 1 saturated carbocycles. The molecule has 0 amide bonds. The number of halogens is 2. The molecule has 7 heteroatoms. The molecule has 5 aromatic rings. The first kappa shape index (κ1) is 34.3. The van der Waals surface area contributed by atoms with Crippen LogP contribution >= 0.6 is 0 Å². The SMILES string of the molecule is COc1ccc(Cc2ccccc2O[C@H]2[C@H](OCc3ccccc3)[C@@H](OCc3ccccc3)C[C@@H](COCc3ccccc3)C2(F)F)cc1. The summed E-state index contributed by atoms with van der Waals surface area (Å²) in [5.74, 6) is -3.36. The van der Waals surface area contributed by atoms with Crippen molar-refractivity contribution < 1.29 is 32.5 Å².